The number of rotatable bonds is 10. The second-order valence-electron chi connectivity index (χ2n) is 4.03. The highest BCUT2D eigenvalue weighted by molar-refractivity contribution is 14.1. The largest absolute Gasteiger partial charge is 0.248 e. The van der Waals surface area contributed by atoms with Gasteiger partial charge in [-0.15, -0.1) is 0 Å². The van der Waals surface area contributed by atoms with Gasteiger partial charge in [0.1, 0.15) is 0 Å². The maximum absolute atomic E-state index is 2.48. The van der Waals surface area contributed by atoms with Crippen molar-refractivity contribution in [2.24, 2.45) is 0 Å². The van der Waals surface area contributed by atoms with E-state index < -0.39 is 0 Å². The molecule has 0 fully saturated rings. The fourth-order valence-corrected chi connectivity index (χ4v) is 2.21. The number of unbranched alkanes of at least 4 members (excludes halogenated alkanes) is 6. The van der Waals surface area contributed by atoms with Crippen LogP contribution in [-0.2, 0) is 0 Å². The molecule has 0 heterocycles. The average molecular weight is 311 g/mol. The molecular formula is C12H26IN. The lowest BCUT2D eigenvalue weighted by molar-refractivity contribution is 0.457. The van der Waals surface area contributed by atoms with Gasteiger partial charge in [0.15, 0.2) is 0 Å². The Kier molecular flexibility index (Phi) is 12.3. The highest BCUT2D eigenvalue weighted by Crippen LogP contribution is 2.08. The first kappa shape index (κ1) is 14.7. The third-order valence-corrected chi connectivity index (χ3v) is 3.47. The predicted octanol–water partition coefficient (Wildman–Crippen LogP) is 4.80. The maximum atomic E-state index is 2.48. The van der Waals surface area contributed by atoms with Crippen LogP contribution >= 0.6 is 22.9 Å². The first-order chi connectivity index (χ1) is 6.81. The highest BCUT2D eigenvalue weighted by Gasteiger charge is 1.98. The summed E-state index contributed by atoms with van der Waals surface area (Å²) in [6.45, 7) is 7.11. The summed E-state index contributed by atoms with van der Waals surface area (Å²) in [5.74, 6) is 0. The summed E-state index contributed by atoms with van der Waals surface area (Å²) in [6, 6.07) is 0. The molecule has 0 saturated heterocycles. The van der Waals surface area contributed by atoms with Crippen molar-refractivity contribution < 1.29 is 0 Å². The van der Waals surface area contributed by atoms with Gasteiger partial charge in [-0.25, -0.2) is 3.11 Å². The zero-order valence-electron chi connectivity index (χ0n) is 9.90. The summed E-state index contributed by atoms with van der Waals surface area (Å²) in [5, 5.41) is 0. The molecule has 86 valence electrons. The standard InChI is InChI=1S/C12H26IN/c1-3-5-7-9-11-14(13)12-10-8-6-4-2/h3-12H2,1-2H3. The van der Waals surface area contributed by atoms with E-state index in [1.807, 2.05) is 0 Å². The molecule has 1 nitrogen and oxygen atoms in total. The first-order valence-corrected chi connectivity index (χ1v) is 7.18. The molecule has 0 radical (unpaired) electrons. The molecule has 0 aliphatic heterocycles. The molecule has 0 spiro atoms. The van der Waals surface area contributed by atoms with E-state index in [-0.39, 0.29) is 0 Å². The van der Waals surface area contributed by atoms with E-state index in [1.165, 1.54) is 64.5 Å². The Morgan fingerprint density at radius 3 is 1.50 bits per heavy atom. The molecule has 0 aliphatic rings. The van der Waals surface area contributed by atoms with Crippen LogP contribution in [0.1, 0.15) is 65.2 Å². The van der Waals surface area contributed by atoms with Crippen molar-refractivity contribution >= 4 is 22.9 Å². The fraction of sp³-hybridized carbons (Fsp3) is 1.00. The van der Waals surface area contributed by atoms with E-state index in [4.69, 9.17) is 0 Å². The lowest BCUT2D eigenvalue weighted by Crippen LogP contribution is -2.14. The van der Waals surface area contributed by atoms with E-state index in [2.05, 4.69) is 39.8 Å². The Morgan fingerprint density at radius 2 is 1.14 bits per heavy atom. The molecule has 14 heavy (non-hydrogen) atoms. The Morgan fingerprint density at radius 1 is 0.714 bits per heavy atom. The minimum absolute atomic E-state index is 1.28. The third-order valence-electron chi connectivity index (χ3n) is 2.51. The molecule has 0 aromatic carbocycles. The Bertz CT molecular complexity index is 94.5. The molecular weight excluding hydrogens is 285 g/mol. The molecule has 0 saturated carbocycles. The summed E-state index contributed by atoms with van der Waals surface area (Å²) >= 11 is 2.48. The molecule has 0 rings (SSSR count). The lowest BCUT2D eigenvalue weighted by atomic mass is 10.2. The Hall–Kier alpha value is 0.690. The minimum Gasteiger partial charge on any atom is -0.248 e. The average Bonchev–Trinajstić information content (AvgIpc) is 2.19. The van der Waals surface area contributed by atoms with Crippen molar-refractivity contribution in [3.8, 4) is 0 Å². The fourth-order valence-electron chi connectivity index (χ4n) is 1.53. The van der Waals surface area contributed by atoms with Crippen molar-refractivity contribution in [3.63, 3.8) is 0 Å². The van der Waals surface area contributed by atoms with E-state index >= 15 is 0 Å². The lowest BCUT2D eigenvalue weighted by Gasteiger charge is -2.13. The van der Waals surface area contributed by atoms with Gasteiger partial charge >= 0.3 is 0 Å². The zero-order chi connectivity index (χ0) is 10.6. The SMILES string of the molecule is CCCCCCN(I)CCCCCC. The van der Waals surface area contributed by atoms with Gasteiger partial charge < -0.3 is 0 Å². The van der Waals surface area contributed by atoms with Crippen LogP contribution in [0.25, 0.3) is 0 Å². The van der Waals surface area contributed by atoms with Crippen LogP contribution in [0.15, 0.2) is 0 Å². The quantitative estimate of drug-likeness (QED) is 0.318. The van der Waals surface area contributed by atoms with Crippen LogP contribution in [-0.4, -0.2) is 16.2 Å². The van der Waals surface area contributed by atoms with Crippen LogP contribution in [0.2, 0.25) is 0 Å². The van der Waals surface area contributed by atoms with Crippen LogP contribution < -0.4 is 0 Å². The molecule has 0 bridgehead atoms. The predicted molar refractivity (Wildman–Crippen MR) is 73.9 cm³/mol. The van der Waals surface area contributed by atoms with Crippen molar-refractivity contribution in [3.05, 3.63) is 0 Å². The Labute approximate surface area is 104 Å². The maximum Gasteiger partial charge on any atom is 0.0201 e. The third kappa shape index (κ3) is 10.8. The van der Waals surface area contributed by atoms with Crippen molar-refractivity contribution in [2.45, 2.75) is 65.2 Å². The van der Waals surface area contributed by atoms with Crippen molar-refractivity contribution in [2.75, 3.05) is 13.1 Å². The smallest absolute Gasteiger partial charge is 0.0201 e. The van der Waals surface area contributed by atoms with Gasteiger partial charge in [-0.3, -0.25) is 0 Å². The number of nitrogens with zero attached hydrogens (tertiary/aromatic N) is 1. The van der Waals surface area contributed by atoms with Gasteiger partial charge in [0, 0.05) is 36.0 Å². The van der Waals surface area contributed by atoms with Crippen LogP contribution in [0.5, 0.6) is 0 Å². The van der Waals surface area contributed by atoms with Gasteiger partial charge in [0.2, 0.25) is 0 Å². The molecule has 0 aromatic heterocycles. The van der Waals surface area contributed by atoms with Gasteiger partial charge in [-0.1, -0.05) is 52.4 Å². The van der Waals surface area contributed by atoms with Gasteiger partial charge in [-0.05, 0) is 12.8 Å². The van der Waals surface area contributed by atoms with Crippen molar-refractivity contribution in [1.82, 2.24) is 3.11 Å². The Balaban J connectivity index is 3.07. The molecule has 0 aliphatic carbocycles. The zero-order valence-corrected chi connectivity index (χ0v) is 12.1. The monoisotopic (exact) mass is 311 g/mol. The molecule has 0 N–H and O–H groups in total. The van der Waals surface area contributed by atoms with Gasteiger partial charge in [0.05, 0.1) is 0 Å². The topological polar surface area (TPSA) is 3.24 Å². The molecule has 0 aromatic rings. The number of halogens is 1. The number of hydrogen-bond donors (Lipinski definition) is 0. The number of hydrogen-bond acceptors (Lipinski definition) is 1. The highest BCUT2D eigenvalue weighted by atomic mass is 127. The molecule has 0 unspecified atom stereocenters. The van der Waals surface area contributed by atoms with Crippen LogP contribution in [0.3, 0.4) is 0 Å². The second-order valence-corrected chi connectivity index (χ2v) is 5.40. The summed E-state index contributed by atoms with van der Waals surface area (Å²) < 4.78 is 2.46. The van der Waals surface area contributed by atoms with Crippen molar-refractivity contribution in [1.29, 1.82) is 0 Å². The minimum atomic E-state index is 1.28. The van der Waals surface area contributed by atoms with Crippen LogP contribution in [0.4, 0.5) is 0 Å². The molecule has 2 heteroatoms. The molecule has 0 atom stereocenters. The summed E-state index contributed by atoms with van der Waals surface area (Å²) in [5.41, 5.74) is 0. The second kappa shape index (κ2) is 11.8. The van der Waals surface area contributed by atoms with Crippen LogP contribution in [0, 0.1) is 0 Å². The normalized spacial score (nSPS) is 11.1. The van der Waals surface area contributed by atoms with E-state index in [1.54, 1.807) is 0 Å². The summed E-state index contributed by atoms with van der Waals surface area (Å²) in [7, 11) is 0. The summed E-state index contributed by atoms with van der Waals surface area (Å²) in [4.78, 5) is 0. The van der Waals surface area contributed by atoms with E-state index in [0.29, 0.717) is 0 Å². The van der Waals surface area contributed by atoms with E-state index in [9.17, 15) is 0 Å². The summed E-state index contributed by atoms with van der Waals surface area (Å²) in [6.07, 6.45) is 11.1. The molecule has 0 amide bonds. The van der Waals surface area contributed by atoms with Gasteiger partial charge in [-0.2, -0.15) is 0 Å². The first-order valence-electron chi connectivity index (χ1n) is 6.22. The van der Waals surface area contributed by atoms with Gasteiger partial charge in [0.25, 0.3) is 0 Å². The van der Waals surface area contributed by atoms with E-state index in [0.717, 1.165) is 0 Å².